The van der Waals surface area contributed by atoms with Gasteiger partial charge in [-0.25, -0.2) is 4.98 Å². The van der Waals surface area contributed by atoms with Crippen molar-refractivity contribution in [3.8, 4) is 0 Å². The second kappa shape index (κ2) is 5.24. The average Bonchev–Trinajstić information content (AvgIpc) is 2.94. The molecule has 0 aliphatic heterocycles. The summed E-state index contributed by atoms with van der Waals surface area (Å²) in [5.41, 5.74) is 2.13. The molecule has 2 aromatic heterocycles. The molecular formula is C15H15N5O. The van der Waals surface area contributed by atoms with Gasteiger partial charge in [-0.1, -0.05) is 0 Å². The first-order valence-electron chi connectivity index (χ1n) is 6.52. The van der Waals surface area contributed by atoms with Crippen LogP contribution in [0.25, 0.3) is 10.9 Å². The Bertz CT molecular complexity index is 793. The minimum atomic E-state index is -0.189. The van der Waals surface area contributed by atoms with Crippen molar-refractivity contribution in [1.82, 2.24) is 15.2 Å². The zero-order valence-electron chi connectivity index (χ0n) is 11.8. The van der Waals surface area contributed by atoms with Crippen molar-refractivity contribution in [2.45, 2.75) is 0 Å². The molecule has 2 N–H and O–H groups in total. The number of rotatable bonds is 3. The largest absolute Gasteiger partial charge is 0.362 e. The maximum atomic E-state index is 12.4. The molecule has 3 aromatic rings. The SMILES string of the molecule is CN(C)c1ncccc1C(=O)Nc1ccc2cn[nH]c2c1. The van der Waals surface area contributed by atoms with E-state index in [9.17, 15) is 4.79 Å². The molecule has 1 amide bonds. The number of nitrogens with one attached hydrogen (secondary N) is 2. The van der Waals surface area contributed by atoms with E-state index in [2.05, 4.69) is 20.5 Å². The van der Waals surface area contributed by atoms with Gasteiger partial charge < -0.3 is 10.2 Å². The zero-order valence-corrected chi connectivity index (χ0v) is 11.8. The molecule has 3 rings (SSSR count). The fraction of sp³-hybridized carbons (Fsp3) is 0.133. The van der Waals surface area contributed by atoms with Crippen LogP contribution in [0.15, 0.2) is 42.7 Å². The lowest BCUT2D eigenvalue weighted by molar-refractivity contribution is 0.102. The van der Waals surface area contributed by atoms with Crippen molar-refractivity contribution < 1.29 is 4.79 Å². The van der Waals surface area contributed by atoms with Crippen molar-refractivity contribution in [2.24, 2.45) is 0 Å². The van der Waals surface area contributed by atoms with E-state index in [-0.39, 0.29) is 5.91 Å². The van der Waals surface area contributed by atoms with Gasteiger partial charge >= 0.3 is 0 Å². The van der Waals surface area contributed by atoms with Crippen LogP contribution in [0.5, 0.6) is 0 Å². The van der Waals surface area contributed by atoms with Crippen LogP contribution in [-0.4, -0.2) is 35.2 Å². The number of nitrogens with zero attached hydrogens (tertiary/aromatic N) is 3. The Morgan fingerprint density at radius 1 is 1.29 bits per heavy atom. The summed E-state index contributed by atoms with van der Waals surface area (Å²) in [7, 11) is 3.71. The Kier molecular flexibility index (Phi) is 3.27. The number of aromatic amines is 1. The predicted molar refractivity (Wildman–Crippen MR) is 82.6 cm³/mol. The van der Waals surface area contributed by atoms with Gasteiger partial charge in [-0.3, -0.25) is 9.89 Å². The zero-order chi connectivity index (χ0) is 14.8. The van der Waals surface area contributed by atoms with Crippen LogP contribution in [0.4, 0.5) is 11.5 Å². The fourth-order valence-electron chi connectivity index (χ4n) is 2.14. The highest BCUT2D eigenvalue weighted by Crippen LogP contribution is 2.19. The standard InChI is InChI=1S/C15H15N5O/c1-20(2)14-12(4-3-7-16-14)15(21)18-11-6-5-10-9-17-19-13(10)8-11/h3-9H,1-2H3,(H,17,19)(H,18,21). The second-order valence-corrected chi connectivity index (χ2v) is 4.90. The Labute approximate surface area is 121 Å². The molecule has 0 aliphatic carbocycles. The highest BCUT2D eigenvalue weighted by atomic mass is 16.1. The third kappa shape index (κ3) is 2.55. The lowest BCUT2D eigenvalue weighted by Crippen LogP contribution is -2.19. The van der Waals surface area contributed by atoms with Crippen LogP contribution in [0, 0.1) is 0 Å². The van der Waals surface area contributed by atoms with Gasteiger partial charge in [0.15, 0.2) is 0 Å². The number of benzene rings is 1. The van der Waals surface area contributed by atoms with Gasteiger partial charge in [0.05, 0.1) is 17.3 Å². The van der Waals surface area contributed by atoms with Crippen LogP contribution in [0.3, 0.4) is 0 Å². The molecule has 0 unspecified atom stereocenters. The minimum Gasteiger partial charge on any atom is -0.362 e. The van der Waals surface area contributed by atoms with Crippen molar-refractivity contribution in [2.75, 3.05) is 24.3 Å². The summed E-state index contributed by atoms with van der Waals surface area (Å²) < 4.78 is 0. The van der Waals surface area contributed by atoms with Crippen LogP contribution in [0.1, 0.15) is 10.4 Å². The normalized spacial score (nSPS) is 10.6. The van der Waals surface area contributed by atoms with E-state index in [1.165, 1.54) is 0 Å². The van der Waals surface area contributed by atoms with Gasteiger partial charge in [0.2, 0.25) is 0 Å². The molecule has 0 aliphatic rings. The van der Waals surface area contributed by atoms with E-state index in [0.717, 1.165) is 10.9 Å². The van der Waals surface area contributed by atoms with Crippen molar-refractivity contribution in [3.63, 3.8) is 0 Å². The summed E-state index contributed by atoms with van der Waals surface area (Å²) in [6, 6.07) is 9.12. The Morgan fingerprint density at radius 3 is 2.95 bits per heavy atom. The Hall–Kier alpha value is -2.89. The number of hydrogen-bond acceptors (Lipinski definition) is 4. The van der Waals surface area contributed by atoms with Gasteiger partial charge in [-0.05, 0) is 30.3 Å². The second-order valence-electron chi connectivity index (χ2n) is 4.90. The monoisotopic (exact) mass is 281 g/mol. The number of aromatic nitrogens is 3. The minimum absolute atomic E-state index is 0.189. The van der Waals surface area contributed by atoms with E-state index < -0.39 is 0 Å². The number of fused-ring (bicyclic) bond motifs is 1. The van der Waals surface area contributed by atoms with E-state index >= 15 is 0 Å². The number of H-pyrrole nitrogens is 1. The van der Waals surface area contributed by atoms with Crippen LogP contribution < -0.4 is 10.2 Å². The molecule has 2 heterocycles. The third-order valence-corrected chi connectivity index (χ3v) is 3.15. The molecule has 0 saturated heterocycles. The number of hydrogen-bond donors (Lipinski definition) is 2. The highest BCUT2D eigenvalue weighted by Gasteiger charge is 2.14. The number of pyridine rings is 1. The first-order chi connectivity index (χ1) is 10.1. The Balaban J connectivity index is 1.89. The summed E-state index contributed by atoms with van der Waals surface area (Å²) in [5, 5.41) is 10.7. The smallest absolute Gasteiger partial charge is 0.259 e. The molecule has 0 bridgehead atoms. The van der Waals surface area contributed by atoms with Crippen molar-refractivity contribution in [1.29, 1.82) is 0 Å². The number of amides is 1. The van der Waals surface area contributed by atoms with Gasteiger partial charge in [0, 0.05) is 31.4 Å². The van der Waals surface area contributed by atoms with E-state index in [1.54, 1.807) is 24.5 Å². The number of anilines is 2. The van der Waals surface area contributed by atoms with Crippen LogP contribution in [0.2, 0.25) is 0 Å². The molecule has 0 saturated carbocycles. The first kappa shape index (κ1) is 13.1. The molecule has 0 atom stereocenters. The average molecular weight is 281 g/mol. The molecular weight excluding hydrogens is 266 g/mol. The van der Waals surface area contributed by atoms with Gasteiger partial charge in [0.25, 0.3) is 5.91 Å². The lowest BCUT2D eigenvalue weighted by atomic mass is 10.2. The van der Waals surface area contributed by atoms with Crippen molar-refractivity contribution in [3.05, 3.63) is 48.3 Å². The predicted octanol–water partition coefficient (Wildman–Crippen LogP) is 2.28. The topological polar surface area (TPSA) is 73.9 Å². The molecule has 106 valence electrons. The fourth-order valence-corrected chi connectivity index (χ4v) is 2.14. The maximum absolute atomic E-state index is 12.4. The van der Waals surface area contributed by atoms with Crippen LogP contribution >= 0.6 is 0 Å². The van der Waals surface area contributed by atoms with Gasteiger partial charge in [-0.15, -0.1) is 0 Å². The van der Waals surface area contributed by atoms with E-state index in [1.807, 2.05) is 37.2 Å². The van der Waals surface area contributed by atoms with Crippen molar-refractivity contribution >= 4 is 28.3 Å². The lowest BCUT2D eigenvalue weighted by Gasteiger charge is -2.15. The molecule has 1 aromatic carbocycles. The van der Waals surface area contributed by atoms with Crippen LogP contribution in [-0.2, 0) is 0 Å². The first-order valence-corrected chi connectivity index (χ1v) is 6.52. The summed E-state index contributed by atoms with van der Waals surface area (Å²) in [4.78, 5) is 18.5. The molecule has 0 fully saturated rings. The molecule has 21 heavy (non-hydrogen) atoms. The molecule has 0 spiro atoms. The summed E-state index contributed by atoms with van der Waals surface area (Å²) in [6.45, 7) is 0. The van der Waals surface area contributed by atoms with E-state index in [0.29, 0.717) is 17.1 Å². The summed E-state index contributed by atoms with van der Waals surface area (Å²) >= 11 is 0. The number of carbonyl (C=O) groups is 1. The molecule has 6 heteroatoms. The quantitative estimate of drug-likeness (QED) is 0.772. The third-order valence-electron chi connectivity index (χ3n) is 3.15. The molecule has 6 nitrogen and oxygen atoms in total. The summed E-state index contributed by atoms with van der Waals surface area (Å²) in [6.07, 6.45) is 3.41. The van der Waals surface area contributed by atoms with Gasteiger partial charge in [0.1, 0.15) is 5.82 Å². The Morgan fingerprint density at radius 2 is 2.14 bits per heavy atom. The van der Waals surface area contributed by atoms with E-state index in [4.69, 9.17) is 0 Å². The highest BCUT2D eigenvalue weighted by molar-refractivity contribution is 6.08. The number of carbonyl (C=O) groups excluding carboxylic acids is 1. The molecule has 0 radical (unpaired) electrons. The summed E-state index contributed by atoms with van der Waals surface area (Å²) in [5.74, 6) is 0.447. The van der Waals surface area contributed by atoms with Gasteiger partial charge in [-0.2, -0.15) is 5.10 Å². The maximum Gasteiger partial charge on any atom is 0.259 e.